The minimum atomic E-state index is -4.60. The van der Waals surface area contributed by atoms with Gasteiger partial charge in [0.05, 0.1) is 23.9 Å². The van der Waals surface area contributed by atoms with Crippen molar-refractivity contribution in [3.8, 4) is 28.7 Å². The number of benzene rings is 2. The quantitative estimate of drug-likeness (QED) is 0.168. The number of ether oxygens (including phenoxy) is 1. The van der Waals surface area contributed by atoms with E-state index in [0.717, 1.165) is 24.6 Å². The van der Waals surface area contributed by atoms with Crippen LogP contribution in [-0.4, -0.2) is 49.0 Å². The average molecular weight is 678 g/mol. The van der Waals surface area contributed by atoms with E-state index in [9.17, 15) is 21.6 Å². The summed E-state index contributed by atoms with van der Waals surface area (Å²) in [4.78, 5) is 21.4. The van der Waals surface area contributed by atoms with Crippen LogP contribution in [-0.2, 0) is 29.7 Å². The van der Waals surface area contributed by atoms with Crippen LogP contribution in [0.4, 0.5) is 17.6 Å². The van der Waals surface area contributed by atoms with Gasteiger partial charge in [-0.1, -0.05) is 42.0 Å². The number of rotatable bonds is 8. The second kappa shape index (κ2) is 11.5. The van der Waals surface area contributed by atoms with E-state index in [2.05, 4.69) is 19.9 Å². The minimum absolute atomic E-state index is 0.0165. The number of imidazole rings is 1. The molecule has 0 amide bonds. The number of aryl methyl sites for hydroxylation is 2. The van der Waals surface area contributed by atoms with E-state index < -0.39 is 27.8 Å². The molecule has 0 bridgehead atoms. The SMILES string of the molecule is COc1ncnc(C2CC2)c1-c1ncc2c(n1)c(Cc1ccc(-c3nc(C(F)(F)F)cn3C)cc1)c(F)n2S(=O)(=O)c1ccc(C)cc1. The molecule has 0 spiro atoms. The third kappa shape index (κ3) is 5.47. The number of nitrogens with zero attached hydrogens (tertiary/aromatic N) is 7. The third-order valence-corrected chi connectivity index (χ3v) is 9.95. The fourth-order valence-corrected chi connectivity index (χ4v) is 7.06. The highest BCUT2D eigenvalue weighted by Gasteiger charge is 2.35. The molecule has 0 radical (unpaired) electrons. The molecule has 0 aliphatic heterocycles. The topological polar surface area (TPSA) is 118 Å². The fourth-order valence-electron chi connectivity index (χ4n) is 5.66. The van der Waals surface area contributed by atoms with Crippen LogP contribution in [0.15, 0.2) is 72.1 Å². The maximum Gasteiger partial charge on any atom is 0.434 e. The normalized spacial score (nSPS) is 13.7. The van der Waals surface area contributed by atoms with E-state index in [1.807, 2.05) is 0 Å². The van der Waals surface area contributed by atoms with Crippen LogP contribution >= 0.6 is 0 Å². The summed E-state index contributed by atoms with van der Waals surface area (Å²) >= 11 is 0. The minimum Gasteiger partial charge on any atom is -0.480 e. The van der Waals surface area contributed by atoms with Gasteiger partial charge in [-0.25, -0.2) is 37.3 Å². The van der Waals surface area contributed by atoms with Gasteiger partial charge in [0, 0.05) is 36.7 Å². The summed E-state index contributed by atoms with van der Waals surface area (Å²) in [6.45, 7) is 1.81. The predicted molar refractivity (Wildman–Crippen MR) is 167 cm³/mol. The largest absolute Gasteiger partial charge is 0.480 e. The van der Waals surface area contributed by atoms with Crippen molar-refractivity contribution in [1.82, 2.24) is 33.5 Å². The molecule has 2 aromatic carbocycles. The zero-order valence-electron chi connectivity index (χ0n) is 25.8. The number of hydrogen-bond acceptors (Lipinski definition) is 8. The molecule has 4 heterocycles. The van der Waals surface area contributed by atoms with Gasteiger partial charge in [0.2, 0.25) is 11.8 Å². The van der Waals surface area contributed by atoms with Gasteiger partial charge in [-0.2, -0.15) is 17.6 Å². The summed E-state index contributed by atoms with van der Waals surface area (Å²) in [5.41, 5.74) is 1.88. The molecule has 6 aromatic rings. The lowest BCUT2D eigenvalue weighted by Crippen LogP contribution is -2.15. The summed E-state index contributed by atoms with van der Waals surface area (Å²) in [7, 11) is -1.52. The van der Waals surface area contributed by atoms with Crippen molar-refractivity contribution in [3.63, 3.8) is 0 Å². The lowest BCUT2D eigenvalue weighted by atomic mass is 10.0. The molecule has 1 aliphatic rings. The molecule has 1 saturated carbocycles. The van der Waals surface area contributed by atoms with Gasteiger partial charge >= 0.3 is 6.18 Å². The van der Waals surface area contributed by atoms with E-state index in [4.69, 9.17) is 9.72 Å². The van der Waals surface area contributed by atoms with E-state index in [1.54, 1.807) is 43.3 Å². The molecular weight excluding hydrogens is 650 g/mol. The van der Waals surface area contributed by atoms with Crippen LogP contribution in [0.5, 0.6) is 5.88 Å². The number of fused-ring (bicyclic) bond motifs is 1. The molecule has 4 aromatic heterocycles. The van der Waals surface area contributed by atoms with Gasteiger partial charge in [-0.3, -0.25) is 0 Å². The van der Waals surface area contributed by atoms with E-state index in [-0.39, 0.29) is 51.4 Å². The summed E-state index contributed by atoms with van der Waals surface area (Å²) in [6.07, 6.45) is 0.682. The molecule has 10 nitrogen and oxygen atoms in total. The molecule has 1 aliphatic carbocycles. The molecule has 0 N–H and O–H groups in total. The predicted octanol–water partition coefficient (Wildman–Crippen LogP) is 6.47. The number of alkyl halides is 3. The molecule has 15 heteroatoms. The van der Waals surface area contributed by atoms with Gasteiger partial charge in [0.1, 0.15) is 28.7 Å². The van der Waals surface area contributed by atoms with Gasteiger partial charge < -0.3 is 9.30 Å². The Bertz CT molecular complexity index is 2300. The zero-order valence-corrected chi connectivity index (χ0v) is 26.6. The molecular formula is C33H27F4N7O3S. The molecule has 246 valence electrons. The Morgan fingerprint density at radius 3 is 2.31 bits per heavy atom. The molecule has 0 atom stereocenters. The van der Waals surface area contributed by atoms with Gasteiger partial charge in [-0.05, 0) is 37.5 Å². The summed E-state index contributed by atoms with van der Waals surface area (Å²) in [6, 6.07) is 12.4. The Kier molecular flexibility index (Phi) is 7.53. The number of hydrogen-bond donors (Lipinski definition) is 0. The molecule has 7 rings (SSSR count). The van der Waals surface area contributed by atoms with Crippen molar-refractivity contribution in [2.24, 2.45) is 7.05 Å². The fraction of sp³-hybridized carbons (Fsp3) is 0.242. The highest BCUT2D eigenvalue weighted by atomic mass is 32.2. The lowest BCUT2D eigenvalue weighted by molar-refractivity contribution is -0.140. The Labute approximate surface area is 272 Å². The molecule has 48 heavy (non-hydrogen) atoms. The van der Waals surface area contributed by atoms with Crippen molar-refractivity contribution in [2.75, 3.05) is 7.11 Å². The average Bonchev–Trinajstić information content (AvgIpc) is 3.77. The summed E-state index contributed by atoms with van der Waals surface area (Å²) in [5, 5.41) is 0. The first kappa shape index (κ1) is 31.4. The van der Waals surface area contributed by atoms with Crippen LogP contribution in [0.25, 0.3) is 33.8 Å². The Morgan fingerprint density at radius 2 is 1.69 bits per heavy atom. The first-order valence-electron chi connectivity index (χ1n) is 14.8. The zero-order chi connectivity index (χ0) is 34.0. The lowest BCUT2D eigenvalue weighted by Gasteiger charge is -2.11. The van der Waals surface area contributed by atoms with E-state index in [0.29, 0.717) is 26.4 Å². The van der Waals surface area contributed by atoms with Gasteiger partial charge in [-0.15, -0.1) is 0 Å². The number of halogens is 4. The molecule has 0 unspecified atom stereocenters. The number of methoxy groups -OCH3 is 1. The van der Waals surface area contributed by atoms with E-state index >= 15 is 4.39 Å². The van der Waals surface area contributed by atoms with Crippen molar-refractivity contribution in [2.45, 2.75) is 43.2 Å². The van der Waals surface area contributed by atoms with Crippen LogP contribution in [0.1, 0.15) is 46.8 Å². The highest BCUT2D eigenvalue weighted by molar-refractivity contribution is 7.90. The second-order valence-corrected chi connectivity index (χ2v) is 13.4. The Balaban J connectivity index is 1.37. The van der Waals surface area contributed by atoms with Gasteiger partial charge in [0.15, 0.2) is 11.5 Å². The van der Waals surface area contributed by atoms with Crippen molar-refractivity contribution in [1.29, 1.82) is 0 Å². The first-order valence-corrected chi connectivity index (χ1v) is 16.3. The van der Waals surface area contributed by atoms with Crippen LogP contribution in [0.2, 0.25) is 0 Å². The smallest absolute Gasteiger partial charge is 0.434 e. The highest BCUT2D eigenvalue weighted by Crippen LogP contribution is 2.45. The monoisotopic (exact) mass is 677 g/mol. The molecule has 0 saturated heterocycles. The summed E-state index contributed by atoms with van der Waals surface area (Å²) < 4.78 is 91.5. The second-order valence-electron chi connectivity index (χ2n) is 11.6. The Morgan fingerprint density at radius 1 is 0.979 bits per heavy atom. The molecule has 1 fully saturated rings. The van der Waals surface area contributed by atoms with Crippen molar-refractivity contribution in [3.05, 3.63) is 101 Å². The van der Waals surface area contributed by atoms with Crippen LogP contribution in [0, 0.1) is 12.9 Å². The maximum absolute atomic E-state index is 16.6. The van der Waals surface area contributed by atoms with Crippen LogP contribution in [0.3, 0.4) is 0 Å². The van der Waals surface area contributed by atoms with Gasteiger partial charge in [0.25, 0.3) is 10.0 Å². The van der Waals surface area contributed by atoms with Crippen LogP contribution < -0.4 is 4.74 Å². The van der Waals surface area contributed by atoms with Crippen molar-refractivity contribution < 1.29 is 30.7 Å². The van der Waals surface area contributed by atoms with E-state index in [1.165, 1.54) is 43.4 Å². The Hall–Kier alpha value is -5.18. The maximum atomic E-state index is 16.6. The number of aromatic nitrogens is 7. The standard InChI is InChI=1S/C33H27F4N7O3S/c1-18-4-12-22(13-5-18)48(45,46)44-24-15-38-30(26-27(20-10-11-20)39-17-40-32(26)47-3)42-28(24)23(29(44)34)14-19-6-8-21(9-7-19)31-41-25(16-43(31)2)33(35,36)37/h4-9,12-13,15-17,20H,10-11,14H2,1-3H3. The third-order valence-electron chi connectivity index (χ3n) is 8.24. The van der Waals surface area contributed by atoms with Crippen molar-refractivity contribution >= 4 is 21.1 Å². The first-order chi connectivity index (χ1) is 22.9. The summed E-state index contributed by atoms with van der Waals surface area (Å²) in [5.74, 6) is -0.400.